The lowest BCUT2D eigenvalue weighted by molar-refractivity contribution is 0.0684. The first-order chi connectivity index (χ1) is 9.21. The SMILES string of the molecule is COc1cccc(C(=O)NC(C#N)OCC#CBr)c1. The Hall–Kier alpha value is -2.02. The molecule has 1 unspecified atom stereocenters. The van der Waals surface area contributed by atoms with Gasteiger partial charge in [-0.15, -0.1) is 0 Å². The Morgan fingerprint density at radius 2 is 2.37 bits per heavy atom. The van der Waals surface area contributed by atoms with Crippen LogP contribution in [-0.4, -0.2) is 25.9 Å². The predicted molar refractivity (Wildman–Crippen MR) is 72.5 cm³/mol. The number of nitrogens with one attached hydrogen (secondary N) is 1. The third kappa shape index (κ3) is 5.01. The first-order valence-electron chi connectivity index (χ1n) is 5.26. The molecule has 0 spiro atoms. The minimum Gasteiger partial charge on any atom is -0.497 e. The molecule has 0 heterocycles. The standard InChI is InChI=1S/C13H11BrN2O3/c1-18-11-5-2-4-10(8-11)13(17)16-12(9-15)19-7-3-6-14/h2,4-5,8,12H,7H2,1H3,(H,16,17). The van der Waals surface area contributed by atoms with Crippen LogP contribution in [0.25, 0.3) is 0 Å². The van der Waals surface area contributed by atoms with E-state index in [-0.39, 0.29) is 6.61 Å². The summed E-state index contributed by atoms with van der Waals surface area (Å²) in [5, 5.41) is 11.3. The van der Waals surface area contributed by atoms with Gasteiger partial charge >= 0.3 is 0 Å². The van der Waals surface area contributed by atoms with Gasteiger partial charge in [-0.3, -0.25) is 4.79 Å². The molecule has 19 heavy (non-hydrogen) atoms. The van der Waals surface area contributed by atoms with Crippen molar-refractivity contribution in [3.63, 3.8) is 0 Å². The fourth-order valence-corrected chi connectivity index (χ4v) is 1.34. The Bertz CT molecular complexity index is 543. The van der Waals surface area contributed by atoms with Crippen LogP contribution in [0.1, 0.15) is 10.4 Å². The zero-order valence-electron chi connectivity index (χ0n) is 10.1. The molecule has 98 valence electrons. The van der Waals surface area contributed by atoms with Gasteiger partial charge in [-0.2, -0.15) is 5.26 Å². The zero-order chi connectivity index (χ0) is 14.1. The van der Waals surface area contributed by atoms with Crippen LogP contribution in [0.3, 0.4) is 0 Å². The molecule has 0 aliphatic carbocycles. The van der Waals surface area contributed by atoms with Crippen LogP contribution >= 0.6 is 15.9 Å². The maximum atomic E-state index is 11.9. The lowest BCUT2D eigenvalue weighted by atomic mass is 10.2. The van der Waals surface area contributed by atoms with E-state index in [0.29, 0.717) is 11.3 Å². The number of carbonyl (C=O) groups is 1. The summed E-state index contributed by atoms with van der Waals surface area (Å²) < 4.78 is 10.1. The van der Waals surface area contributed by atoms with E-state index in [2.05, 4.69) is 32.0 Å². The van der Waals surface area contributed by atoms with E-state index in [4.69, 9.17) is 14.7 Å². The van der Waals surface area contributed by atoms with E-state index in [0.717, 1.165) is 0 Å². The molecular formula is C13H11BrN2O3. The highest BCUT2D eigenvalue weighted by Gasteiger charge is 2.13. The van der Waals surface area contributed by atoms with Crippen molar-refractivity contribution in [2.75, 3.05) is 13.7 Å². The molecule has 1 atom stereocenters. The zero-order valence-corrected chi connectivity index (χ0v) is 11.7. The number of amides is 1. The minimum atomic E-state index is -1.05. The van der Waals surface area contributed by atoms with Gasteiger partial charge < -0.3 is 14.8 Å². The van der Waals surface area contributed by atoms with E-state index in [1.54, 1.807) is 24.3 Å². The summed E-state index contributed by atoms with van der Waals surface area (Å²) in [6.45, 7) is 0.0435. The number of nitrogens with zero attached hydrogens (tertiary/aromatic N) is 1. The van der Waals surface area contributed by atoms with Crippen molar-refractivity contribution < 1.29 is 14.3 Å². The van der Waals surface area contributed by atoms with Gasteiger partial charge in [0, 0.05) is 21.5 Å². The number of methoxy groups -OCH3 is 1. The average molecular weight is 323 g/mol. The summed E-state index contributed by atoms with van der Waals surface area (Å²) >= 11 is 2.90. The quantitative estimate of drug-likeness (QED) is 0.661. The number of hydrogen-bond acceptors (Lipinski definition) is 4. The topological polar surface area (TPSA) is 71.3 Å². The molecule has 5 nitrogen and oxygen atoms in total. The third-order valence-corrected chi connectivity index (χ3v) is 2.38. The van der Waals surface area contributed by atoms with Crippen LogP contribution in [0, 0.1) is 22.1 Å². The number of carbonyl (C=O) groups excluding carboxylic acids is 1. The summed E-state index contributed by atoms with van der Waals surface area (Å²) in [4.78, 5) is 14.3. The average Bonchev–Trinajstić information content (AvgIpc) is 2.46. The monoisotopic (exact) mass is 322 g/mol. The fraction of sp³-hybridized carbons (Fsp3) is 0.231. The molecule has 1 aromatic carbocycles. The summed E-state index contributed by atoms with van der Waals surface area (Å²) in [5.41, 5.74) is 0.384. The van der Waals surface area contributed by atoms with Crippen LogP contribution < -0.4 is 10.1 Å². The molecule has 0 radical (unpaired) electrons. The largest absolute Gasteiger partial charge is 0.497 e. The predicted octanol–water partition coefficient (Wildman–Crippen LogP) is 1.65. The van der Waals surface area contributed by atoms with Crippen LogP contribution in [0.15, 0.2) is 24.3 Å². The molecule has 1 rings (SSSR count). The van der Waals surface area contributed by atoms with Gasteiger partial charge in [-0.1, -0.05) is 12.0 Å². The van der Waals surface area contributed by atoms with Crippen molar-refractivity contribution >= 4 is 21.8 Å². The molecule has 1 aromatic rings. The van der Waals surface area contributed by atoms with E-state index in [1.807, 2.05) is 6.07 Å². The Labute approximate surface area is 119 Å². The van der Waals surface area contributed by atoms with Crippen molar-refractivity contribution in [1.82, 2.24) is 5.32 Å². The van der Waals surface area contributed by atoms with Crippen LogP contribution in [0.2, 0.25) is 0 Å². The number of hydrogen-bond donors (Lipinski definition) is 1. The summed E-state index contributed by atoms with van der Waals surface area (Å²) in [6, 6.07) is 8.42. The smallest absolute Gasteiger partial charge is 0.254 e. The second-order valence-electron chi connectivity index (χ2n) is 3.30. The molecule has 0 aliphatic heterocycles. The number of benzene rings is 1. The lowest BCUT2D eigenvalue weighted by Crippen LogP contribution is -2.35. The molecule has 0 fully saturated rings. The highest BCUT2D eigenvalue weighted by molar-refractivity contribution is 9.12. The van der Waals surface area contributed by atoms with Crippen LogP contribution in [-0.2, 0) is 4.74 Å². The van der Waals surface area contributed by atoms with Gasteiger partial charge in [0.05, 0.1) is 7.11 Å². The van der Waals surface area contributed by atoms with Gasteiger partial charge in [0.2, 0.25) is 6.23 Å². The Morgan fingerprint density at radius 1 is 1.58 bits per heavy atom. The van der Waals surface area contributed by atoms with Crippen molar-refractivity contribution in [3.8, 4) is 22.6 Å². The Morgan fingerprint density at radius 3 is 3.00 bits per heavy atom. The molecular weight excluding hydrogens is 312 g/mol. The van der Waals surface area contributed by atoms with E-state index < -0.39 is 12.1 Å². The molecule has 0 bridgehead atoms. The maximum absolute atomic E-state index is 11.9. The highest BCUT2D eigenvalue weighted by atomic mass is 79.9. The molecule has 1 N–H and O–H groups in total. The summed E-state index contributed by atoms with van der Waals surface area (Å²) in [5.74, 6) is 2.71. The normalized spacial score (nSPS) is 10.6. The molecule has 1 amide bonds. The summed E-state index contributed by atoms with van der Waals surface area (Å²) in [7, 11) is 1.51. The molecule has 0 saturated heterocycles. The number of halogens is 1. The maximum Gasteiger partial charge on any atom is 0.254 e. The van der Waals surface area contributed by atoms with Crippen molar-refractivity contribution in [2.24, 2.45) is 0 Å². The van der Waals surface area contributed by atoms with Gasteiger partial charge in [0.1, 0.15) is 18.4 Å². The second kappa shape index (κ2) is 8.15. The lowest BCUT2D eigenvalue weighted by Gasteiger charge is -2.11. The van der Waals surface area contributed by atoms with Crippen LogP contribution in [0.5, 0.6) is 5.75 Å². The fourth-order valence-electron chi connectivity index (χ4n) is 1.23. The van der Waals surface area contributed by atoms with Gasteiger partial charge in [0.15, 0.2) is 0 Å². The van der Waals surface area contributed by atoms with Crippen molar-refractivity contribution in [1.29, 1.82) is 5.26 Å². The Balaban J connectivity index is 2.65. The van der Waals surface area contributed by atoms with E-state index >= 15 is 0 Å². The number of nitriles is 1. The molecule has 0 aromatic heterocycles. The molecule has 6 heteroatoms. The van der Waals surface area contributed by atoms with Crippen molar-refractivity contribution in [2.45, 2.75) is 6.23 Å². The van der Waals surface area contributed by atoms with Crippen molar-refractivity contribution in [3.05, 3.63) is 29.8 Å². The molecule has 0 saturated carbocycles. The van der Waals surface area contributed by atoms with Gasteiger partial charge in [-0.05, 0) is 23.0 Å². The number of ether oxygens (including phenoxy) is 2. The Kier molecular flexibility index (Phi) is 6.45. The van der Waals surface area contributed by atoms with E-state index in [1.165, 1.54) is 7.11 Å². The van der Waals surface area contributed by atoms with Crippen LogP contribution in [0.4, 0.5) is 0 Å². The first kappa shape index (κ1) is 15.0. The minimum absolute atomic E-state index is 0.0435. The van der Waals surface area contributed by atoms with Gasteiger partial charge in [0.25, 0.3) is 5.91 Å². The van der Waals surface area contributed by atoms with E-state index in [9.17, 15) is 4.79 Å². The summed E-state index contributed by atoms with van der Waals surface area (Å²) in [6.07, 6.45) is -1.05. The third-order valence-electron chi connectivity index (χ3n) is 2.10. The highest BCUT2D eigenvalue weighted by Crippen LogP contribution is 2.12. The first-order valence-corrected chi connectivity index (χ1v) is 6.05. The van der Waals surface area contributed by atoms with Gasteiger partial charge in [-0.25, -0.2) is 0 Å². The second-order valence-corrected chi connectivity index (χ2v) is 3.69. The molecule has 0 aliphatic rings. The number of rotatable bonds is 5.